The molecule has 47 heavy (non-hydrogen) atoms. The molecule has 0 aromatic carbocycles. The first-order chi connectivity index (χ1) is 21.8. The van der Waals surface area contributed by atoms with Crippen LogP contribution in [0, 0.1) is 13.8 Å². The quantitative estimate of drug-likeness (QED) is 0.0183. The standard InChI is InChI=1S/2C18H37.Mo.2H3O3PS/c2*1-3-5-7-9-11-13-15-17-18-16-14-12-10-8-6-4-2;;2*1-4(2,3)5/h2*1,3-18H2,2H3;;2*(H3,1,2,3,5)/q2*-1;+2;;. The van der Waals surface area contributed by atoms with Gasteiger partial charge < -0.3 is 43.2 Å². The van der Waals surface area contributed by atoms with Crippen LogP contribution in [0.25, 0.3) is 0 Å². The molecule has 0 aliphatic heterocycles. The van der Waals surface area contributed by atoms with Crippen LogP contribution in [0.1, 0.15) is 219 Å². The fourth-order valence-electron chi connectivity index (χ4n) is 5.10. The van der Waals surface area contributed by atoms with Crippen LogP contribution in [0.4, 0.5) is 0 Å². The zero-order chi connectivity index (χ0) is 35.6. The fraction of sp³-hybridized carbons (Fsp3) is 0.944. The number of unbranched alkanes of at least 4 members (excludes halogenated alkanes) is 30. The summed E-state index contributed by atoms with van der Waals surface area (Å²) in [4.78, 5) is 45.3. The Bertz CT molecular complexity index is 524. The summed E-state index contributed by atoms with van der Waals surface area (Å²) in [5.74, 6) is 0. The van der Waals surface area contributed by atoms with Crippen molar-refractivity contribution in [3.8, 4) is 0 Å². The normalized spacial score (nSPS) is 10.9. The monoisotopic (exact) mass is 832 g/mol. The number of rotatable bonds is 30. The average Bonchev–Trinajstić information content (AvgIpc) is 2.96. The number of hydrogen-bond donors (Lipinski definition) is 6. The van der Waals surface area contributed by atoms with Crippen LogP contribution >= 0.6 is 13.4 Å². The third-order valence-electron chi connectivity index (χ3n) is 7.71. The Hall–Kier alpha value is 1.75. The molecule has 0 heterocycles. The molecule has 6 nitrogen and oxygen atoms in total. The van der Waals surface area contributed by atoms with Gasteiger partial charge >= 0.3 is 34.5 Å². The summed E-state index contributed by atoms with van der Waals surface area (Å²) < 4.78 is 0. The minimum Gasteiger partial charge on any atom is -0.343 e. The van der Waals surface area contributed by atoms with Gasteiger partial charge in [0, 0.05) is 0 Å². The smallest absolute Gasteiger partial charge is 0.343 e. The molecule has 0 amide bonds. The van der Waals surface area contributed by atoms with Crippen LogP contribution in [-0.4, -0.2) is 29.4 Å². The molecule has 0 fully saturated rings. The van der Waals surface area contributed by atoms with Crippen LogP contribution in [0.15, 0.2) is 0 Å². The second-order valence-corrected chi connectivity index (χ2v) is 17.6. The molecule has 0 aromatic heterocycles. The Balaban J connectivity index is -0.000000191. The molecule has 0 radical (unpaired) electrons. The Morgan fingerprint density at radius 2 is 0.426 bits per heavy atom. The third kappa shape index (κ3) is 99.1. The molecule has 0 saturated heterocycles. The van der Waals surface area contributed by atoms with Crippen molar-refractivity contribution in [2.24, 2.45) is 0 Å². The first kappa shape index (κ1) is 58.1. The van der Waals surface area contributed by atoms with Crippen molar-refractivity contribution in [2.75, 3.05) is 0 Å². The second-order valence-electron chi connectivity index (χ2n) is 12.6. The van der Waals surface area contributed by atoms with E-state index in [1.165, 1.54) is 193 Å². The van der Waals surface area contributed by atoms with Crippen LogP contribution < -0.4 is 0 Å². The zero-order valence-corrected chi connectivity index (χ0v) is 36.3. The van der Waals surface area contributed by atoms with Crippen molar-refractivity contribution in [3.63, 3.8) is 0 Å². The van der Waals surface area contributed by atoms with Gasteiger partial charge in [0.25, 0.3) is 0 Å². The molecule has 0 aliphatic carbocycles. The van der Waals surface area contributed by atoms with E-state index in [9.17, 15) is 0 Å². The predicted octanol–water partition coefficient (Wildman–Crippen LogP) is 12.5. The van der Waals surface area contributed by atoms with Crippen molar-refractivity contribution >= 4 is 37.1 Å². The first-order valence-electron chi connectivity index (χ1n) is 19.0. The first-order valence-corrected chi connectivity index (χ1v) is 24.3. The van der Waals surface area contributed by atoms with E-state index < -0.39 is 13.4 Å². The minimum absolute atomic E-state index is 0. The molecular weight excluding hydrogens is 750 g/mol. The summed E-state index contributed by atoms with van der Waals surface area (Å²) in [6.07, 6.45) is 45.6. The van der Waals surface area contributed by atoms with Gasteiger partial charge in [0.2, 0.25) is 0 Å². The SMILES string of the molecule is OP(O)(O)=S.OP(O)(O)=S.[CH2-]CCCCCCCCCCCCCCCCC.[CH2-]CCCCCCCCCCCCCCCCC.[Mo+2]. The molecule has 0 atom stereocenters. The summed E-state index contributed by atoms with van der Waals surface area (Å²) >= 11 is 7.21. The largest absolute Gasteiger partial charge is 2.00 e. The van der Waals surface area contributed by atoms with Gasteiger partial charge in [-0.2, -0.15) is 12.8 Å². The molecule has 0 unspecified atom stereocenters. The van der Waals surface area contributed by atoms with E-state index in [-0.39, 0.29) is 21.1 Å². The molecule has 0 aliphatic rings. The van der Waals surface area contributed by atoms with Gasteiger partial charge in [-0.1, -0.05) is 206 Å². The molecule has 0 spiro atoms. The summed E-state index contributed by atoms with van der Waals surface area (Å²) in [5, 5.41) is 0. The topological polar surface area (TPSA) is 121 Å². The molecule has 288 valence electrons. The number of hydrogen-bond acceptors (Lipinski definition) is 2. The van der Waals surface area contributed by atoms with Crippen LogP contribution in [-0.2, 0) is 44.7 Å². The maximum Gasteiger partial charge on any atom is 2.00 e. The molecular formula is C36H80MoO6P2S2. The molecule has 0 aromatic rings. The van der Waals surface area contributed by atoms with Crippen molar-refractivity contribution in [3.05, 3.63) is 13.8 Å². The minimum atomic E-state index is -3.81. The maximum absolute atomic E-state index is 7.56. The van der Waals surface area contributed by atoms with Gasteiger partial charge in [-0.25, -0.2) is 0 Å². The van der Waals surface area contributed by atoms with E-state index in [1.807, 2.05) is 0 Å². The Morgan fingerprint density at radius 1 is 0.319 bits per heavy atom. The van der Waals surface area contributed by atoms with E-state index in [0.29, 0.717) is 0 Å². The van der Waals surface area contributed by atoms with Crippen LogP contribution in [0.2, 0.25) is 0 Å². The molecule has 0 bridgehead atoms. The Labute approximate surface area is 318 Å². The summed E-state index contributed by atoms with van der Waals surface area (Å²) in [5.41, 5.74) is 0. The average molecular weight is 831 g/mol. The van der Waals surface area contributed by atoms with Crippen LogP contribution in [0.3, 0.4) is 0 Å². The Kier molecular flexibility index (Phi) is 61.6. The molecule has 6 N–H and O–H groups in total. The van der Waals surface area contributed by atoms with Gasteiger partial charge in [-0.3, -0.25) is 0 Å². The van der Waals surface area contributed by atoms with Gasteiger partial charge in [-0.15, -0.1) is 0 Å². The van der Waals surface area contributed by atoms with E-state index >= 15 is 0 Å². The van der Waals surface area contributed by atoms with E-state index in [2.05, 4.69) is 51.3 Å². The van der Waals surface area contributed by atoms with E-state index in [1.54, 1.807) is 0 Å². The summed E-state index contributed by atoms with van der Waals surface area (Å²) in [6, 6.07) is 0. The predicted molar refractivity (Wildman–Crippen MR) is 212 cm³/mol. The van der Waals surface area contributed by atoms with Gasteiger partial charge in [0.1, 0.15) is 0 Å². The molecule has 0 rings (SSSR count). The summed E-state index contributed by atoms with van der Waals surface area (Å²) in [6.45, 7) is 4.74. The van der Waals surface area contributed by atoms with E-state index in [0.717, 1.165) is 12.8 Å². The van der Waals surface area contributed by atoms with Crippen LogP contribution in [0.5, 0.6) is 0 Å². The van der Waals surface area contributed by atoms with Gasteiger partial charge in [-0.05, 0) is 23.6 Å². The van der Waals surface area contributed by atoms with Crippen molar-refractivity contribution in [1.29, 1.82) is 0 Å². The Morgan fingerprint density at radius 3 is 0.532 bits per heavy atom. The third-order valence-corrected chi connectivity index (χ3v) is 7.71. The zero-order valence-electron chi connectivity index (χ0n) is 30.8. The summed E-state index contributed by atoms with van der Waals surface area (Å²) in [7, 11) is 0. The fourth-order valence-corrected chi connectivity index (χ4v) is 5.10. The molecule has 11 heteroatoms. The maximum atomic E-state index is 7.56. The van der Waals surface area contributed by atoms with Gasteiger partial charge in [0.15, 0.2) is 0 Å². The van der Waals surface area contributed by atoms with Crippen molar-refractivity contribution in [2.45, 2.75) is 219 Å². The molecule has 0 saturated carbocycles. The van der Waals surface area contributed by atoms with Crippen molar-refractivity contribution < 1.29 is 50.4 Å². The second kappa shape index (κ2) is 49.9. The van der Waals surface area contributed by atoms with E-state index in [4.69, 9.17) is 29.4 Å². The van der Waals surface area contributed by atoms with Crippen molar-refractivity contribution in [1.82, 2.24) is 0 Å². The van der Waals surface area contributed by atoms with Gasteiger partial charge in [0.05, 0.1) is 0 Å².